The second kappa shape index (κ2) is 5.57. The van der Waals surface area contributed by atoms with E-state index in [1.807, 2.05) is 13.0 Å². The Kier molecular flexibility index (Phi) is 3.61. The van der Waals surface area contributed by atoms with Gasteiger partial charge in [0.15, 0.2) is 0 Å². The number of anilines is 2. The summed E-state index contributed by atoms with van der Waals surface area (Å²) in [5, 5.41) is 12.1. The van der Waals surface area contributed by atoms with Gasteiger partial charge in [-0.1, -0.05) is 6.92 Å². The van der Waals surface area contributed by atoms with E-state index in [9.17, 15) is 9.59 Å². The minimum Gasteiger partial charge on any atom is -0.324 e. The van der Waals surface area contributed by atoms with Crippen LogP contribution in [0.3, 0.4) is 0 Å². The third-order valence-electron chi connectivity index (χ3n) is 2.94. The molecule has 0 radical (unpaired) electrons. The molecule has 0 fully saturated rings. The maximum Gasteiger partial charge on any atom is 0.295 e. The maximum atomic E-state index is 12.0. The zero-order chi connectivity index (χ0) is 14.8. The molecule has 0 bridgehead atoms. The number of nitrogens with one attached hydrogen (secondary N) is 3. The Morgan fingerprint density at radius 3 is 3.10 bits per heavy atom. The molecule has 1 aliphatic heterocycles. The molecule has 3 N–H and O–H groups in total. The summed E-state index contributed by atoms with van der Waals surface area (Å²) in [4.78, 5) is 28.5. The number of H-pyrrole nitrogens is 1. The number of aromatic nitrogens is 3. The fourth-order valence-corrected chi connectivity index (χ4v) is 2.69. The van der Waals surface area contributed by atoms with Crippen LogP contribution in [-0.2, 0) is 11.2 Å². The average molecular weight is 303 g/mol. The Bertz CT molecular complexity index is 712. The highest BCUT2D eigenvalue weighted by atomic mass is 32.2. The third-order valence-corrected chi connectivity index (χ3v) is 4.01. The Balaban J connectivity index is 1.77. The van der Waals surface area contributed by atoms with Crippen molar-refractivity contribution >= 4 is 35.0 Å². The molecule has 0 aliphatic carbocycles. The number of amides is 2. The summed E-state index contributed by atoms with van der Waals surface area (Å²) in [5.41, 5.74) is 1.29. The van der Waals surface area contributed by atoms with Gasteiger partial charge in [-0.05, 0) is 18.2 Å². The molecule has 0 atom stereocenters. The van der Waals surface area contributed by atoms with Gasteiger partial charge in [-0.3, -0.25) is 14.7 Å². The van der Waals surface area contributed by atoms with Crippen LogP contribution in [0.5, 0.6) is 0 Å². The molecule has 21 heavy (non-hydrogen) atoms. The van der Waals surface area contributed by atoms with Crippen molar-refractivity contribution < 1.29 is 9.59 Å². The molecule has 0 saturated heterocycles. The molecule has 2 amide bonds. The molecule has 0 unspecified atom stereocenters. The van der Waals surface area contributed by atoms with Gasteiger partial charge < -0.3 is 10.6 Å². The Hall–Kier alpha value is -2.35. The molecule has 8 heteroatoms. The number of thioether (sulfide) groups is 1. The number of nitrogens with zero attached hydrogens (tertiary/aromatic N) is 2. The van der Waals surface area contributed by atoms with Gasteiger partial charge in [0.1, 0.15) is 5.82 Å². The summed E-state index contributed by atoms with van der Waals surface area (Å²) in [5.74, 6) is 0.742. The standard InChI is InChI=1S/C13H13N5O2S/c1-2-10-16-12(18-17-10)13(20)14-7-3-4-9-8(5-7)15-11(19)6-21-9/h3-5H,2,6H2,1H3,(H,14,20)(H,15,19)(H,16,17,18). The molecule has 7 nitrogen and oxygen atoms in total. The molecule has 1 aliphatic rings. The number of benzene rings is 1. The lowest BCUT2D eigenvalue weighted by atomic mass is 10.2. The number of hydrogen-bond donors (Lipinski definition) is 3. The number of aromatic amines is 1. The molecule has 0 spiro atoms. The van der Waals surface area contributed by atoms with Crippen molar-refractivity contribution in [3.63, 3.8) is 0 Å². The Morgan fingerprint density at radius 1 is 1.48 bits per heavy atom. The van der Waals surface area contributed by atoms with E-state index in [0.29, 0.717) is 29.4 Å². The SMILES string of the molecule is CCc1nc(C(=O)Nc2ccc3c(c2)NC(=O)CS3)n[nH]1. The molecular weight excluding hydrogens is 290 g/mol. The summed E-state index contributed by atoms with van der Waals surface area (Å²) in [6.45, 7) is 1.92. The van der Waals surface area contributed by atoms with E-state index < -0.39 is 0 Å². The predicted octanol–water partition coefficient (Wildman–Crippen LogP) is 1.66. The van der Waals surface area contributed by atoms with Crippen LogP contribution in [0.25, 0.3) is 0 Å². The van der Waals surface area contributed by atoms with Crippen molar-refractivity contribution in [2.45, 2.75) is 18.2 Å². The number of aryl methyl sites for hydroxylation is 1. The van der Waals surface area contributed by atoms with Crippen LogP contribution >= 0.6 is 11.8 Å². The van der Waals surface area contributed by atoms with E-state index in [1.165, 1.54) is 11.8 Å². The maximum absolute atomic E-state index is 12.0. The number of hydrogen-bond acceptors (Lipinski definition) is 5. The number of rotatable bonds is 3. The van der Waals surface area contributed by atoms with E-state index in [4.69, 9.17) is 0 Å². The lowest BCUT2D eigenvalue weighted by Gasteiger charge is -2.17. The van der Waals surface area contributed by atoms with E-state index >= 15 is 0 Å². The van der Waals surface area contributed by atoms with Crippen LogP contribution in [-0.4, -0.2) is 32.7 Å². The zero-order valence-corrected chi connectivity index (χ0v) is 12.1. The van der Waals surface area contributed by atoms with E-state index in [0.717, 1.165) is 4.90 Å². The first kappa shape index (κ1) is 13.6. The lowest BCUT2D eigenvalue weighted by Crippen LogP contribution is -2.19. The van der Waals surface area contributed by atoms with Gasteiger partial charge in [-0.2, -0.15) is 0 Å². The summed E-state index contributed by atoms with van der Waals surface area (Å²) in [6.07, 6.45) is 0.683. The van der Waals surface area contributed by atoms with Gasteiger partial charge in [0.25, 0.3) is 5.91 Å². The van der Waals surface area contributed by atoms with Crippen molar-refractivity contribution in [1.29, 1.82) is 0 Å². The van der Waals surface area contributed by atoms with Gasteiger partial charge in [-0.25, -0.2) is 4.98 Å². The topological polar surface area (TPSA) is 99.8 Å². The summed E-state index contributed by atoms with van der Waals surface area (Å²) in [6, 6.07) is 5.38. The van der Waals surface area contributed by atoms with E-state index in [1.54, 1.807) is 12.1 Å². The van der Waals surface area contributed by atoms with Gasteiger partial charge in [-0.15, -0.1) is 16.9 Å². The van der Waals surface area contributed by atoms with Crippen molar-refractivity contribution in [2.24, 2.45) is 0 Å². The van der Waals surface area contributed by atoms with Gasteiger partial charge in [0.2, 0.25) is 11.7 Å². The van der Waals surface area contributed by atoms with Crippen molar-refractivity contribution in [3.05, 3.63) is 29.8 Å². The van der Waals surface area contributed by atoms with Crippen LogP contribution in [0.2, 0.25) is 0 Å². The highest BCUT2D eigenvalue weighted by Gasteiger charge is 2.17. The highest BCUT2D eigenvalue weighted by Crippen LogP contribution is 2.33. The minimum absolute atomic E-state index is 0.0440. The van der Waals surface area contributed by atoms with Crippen molar-refractivity contribution in [3.8, 4) is 0 Å². The molecule has 108 valence electrons. The quantitative estimate of drug-likeness (QED) is 0.801. The summed E-state index contributed by atoms with van der Waals surface area (Å²) >= 11 is 1.47. The first-order valence-corrected chi connectivity index (χ1v) is 7.43. The van der Waals surface area contributed by atoms with Crippen LogP contribution < -0.4 is 10.6 Å². The Labute approximate surface area is 124 Å². The fraction of sp³-hybridized carbons (Fsp3) is 0.231. The molecule has 2 heterocycles. The normalized spacial score (nSPS) is 13.5. The van der Waals surface area contributed by atoms with Crippen LogP contribution in [0.1, 0.15) is 23.4 Å². The van der Waals surface area contributed by atoms with Gasteiger partial charge in [0.05, 0.1) is 11.4 Å². The summed E-state index contributed by atoms with van der Waals surface area (Å²) < 4.78 is 0. The third kappa shape index (κ3) is 2.89. The molecule has 0 saturated carbocycles. The Morgan fingerprint density at radius 2 is 2.33 bits per heavy atom. The van der Waals surface area contributed by atoms with Crippen LogP contribution in [0, 0.1) is 0 Å². The second-order valence-corrected chi connectivity index (χ2v) is 5.48. The predicted molar refractivity (Wildman–Crippen MR) is 79.5 cm³/mol. The lowest BCUT2D eigenvalue weighted by molar-refractivity contribution is -0.113. The smallest absolute Gasteiger partial charge is 0.295 e. The molecular formula is C13H13N5O2S. The monoisotopic (exact) mass is 303 g/mol. The highest BCUT2D eigenvalue weighted by molar-refractivity contribution is 8.00. The van der Waals surface area contributed by atoms with Crippen molar-refractivity contribution in [1.82, 2.24) is 15.2 Å². The van der Waals surface area contributed by atoms with Crippen LogP contribution in [0.15, 0.2) is 23.1 Å². The van der Waals surface area contributed by atoms with Gasteiger partial charge >= 0.3 is 0 Å². The van der Waals surface area contributed by atoms with E-state index in [-0.39, 0.29) is 17.6 Å². The van der Waals surface area contributed by atoms with E-state index in [2.05, 4.69) is 25.8 Å². The first-order valence-electron chi connectivity index (χ1n) is 6.45. The molecule has 3 rings (SSSR count). The number of carbonyl (C=O) groups is 2. The molecule has 1 aromatic heterocycles. The molecule has 1 aromatic carbocycles. The number of fused-ring (bicyclic) bond motifs is 1. The second-order valence-electron chi connectivity index (χ2n) is 4.46. The van der Waals surface area contributed by atoms with Gasteiger partial charge in [0, 0.05) is 17.0 Å². The van der Waals surface area contributed by atoms with Crippen LogP contribution in [0.4, 0.5) is 11.4 Å². The molecule has 2 aromatic rings. The fourth-order valence-electron chi connectivity index (χ4n) is 1.90. The largest absolute Gasteiger partial charge is 0.324 e. The summed E-state index contributed by atoms with van der Waals surface area (Å²) in [7, 11) is 0. The number of carbonyl (C=O) groups excluding carboxylic acids is 2. The minimum atomic E-state index is -0.388. The van der Waals surface area contributed by atoms with Crippen molar-refractivity contribution in [2.75, 3.05) is 16.4 Å². The first-order chi connectivity index (χ1) is 10.2. The zero-order valence-electron chi connectivity index (χ0n) is 11.3. The average Bonchev–Trinajstić information content (AvgIpc) is 2.96.